The highest BCUT2D eigenvalue weighted by molar-refractivity contribution is 5.44. The average Bonchev–Trinajstić information content (AvgIpc) is 2.78. The fourth-order valence-electron chi connectivity index (χ4n) is 3.01. The van der Waals surface area contributed by atoms with Crippen molar-refractivity contribution in [3.05, 3.63) is 23.8 Å². The SMILES string of the molecule is CCOc1cc([C@@H](C#N)[NH+]2CCCCCC2)ccc1OC. The van der Waals surface area contributed by atoms with Gasteiger partial charge >= 0.3 is 0 Å². The van der Waals surface area contributed by atoms with Crippen LogP contribution in [0.3, 0.4) is 0 Å². The van der Waals surface area contributed by atoms with Crippen LogP contribution in [0, 0.1) is 11.3 Å². The number of quaternary nitrogens is 1. The Balaban J connectivity index is 2.24. The zero-order valence-electron chi connectivity index (χ0n) is 13.0. The molecule has 0 saturated carbocycles. The van der Waals surface area contributed by atoms with Gasteiger partial charge in [-0.1, -0.05) is 0 Å². The summed E-state index contributed by atoms with van der Waals surface area (Å²) in [5.41, 5.74) is 1.03. The van der Waals surface area contributed by atoms with Crippen LogP contribution in [-0.4, -0.2) is 26.8 Å². The lowest BCUT2D eigenvalue weighted by molar-refractivity contribution is -0.922. The first kappa shape index (κ1) is 15.7. The van der Waals surface area contributed by atoms with Crippen LogP contribution in [0.15, 0.2) is 18.2 Å². The molecule has 0 spiro atoms. The molecular formula is C17H25N2O2+. The quantitative estimate of drug-likeness (QED) is 0.903. The smallest absolute Gasteiger partial charge is 0.200 e. The summed E-state index contributed by atoms with van der Waals surface area (Å²) < 4.78 is 10.9. The third-order valence-electron chi connectivity index (χ3n) is 4.10. The van der Waals surface area contributed by atoms with Gasteiger partial charge in [-0.3, -0.25) is 0 Å². The Labute approximate surface area is 127 Å². The summed E-state index contributed by atoms with van der Waals surface area (Å²) in [5, 5.41) is 9.63. The molecule has 1 fully saturated rings. The van der Waals surface area contributed by atoms with Crippen LogP contribution in [0.5, 0.6) is 11.5 Å². The molecule has 21 heavy (non-hydrogen) atoms. The number of nitrogens with zero attached hydrogens (tertiary/aromatic N) is 1. The lowest BCUT2D eigenvalue weighted by atomic mass is 10.1. The summed E-state index contributed by atoms with van der Waals surface area (Å²) in [4.78, 5) is 1.38. The minimum Gasteiger partial charge on any atom is -0.493 e. The maximum Gasteiger partial charge on any atom is 0.200 e. The normalized spacial score (nSPS) is 17.6. The fourth-order valence-corrected chi connectivity index (χ4v) is 3.01. The van der Waals surface area contributed by atoms with E-state index in [9.17, 15) is 5.26 Å². The van der Waals surface area contributed by atoms with Crippen molar-refractivity contribution in [3.8, 4) is 17.6 Å². The Bertz CT molecular complexity index is 488. The predicted octanol–water partition coefficient (Wildman–Crippen LogP) is 2.12. The fraction of sp³-hybridized carbons (Fsp3) is 0.588. The molecule has 0 radical (unpaired) electrons. The molecule has 4 heteroatoms. The summed E-state index contributed by atoms with van der Waals surface area (Å²) in [7, 11) is 1.64. The highest BCUT2D eigenvalue weighted by Crippen LogP contribution is 2.29. The molecule has 2 rings (SSSR count). The summed E-state index contributed by atoms with van der Waals surface area (Å²) in [6.07, 6.45) is 4.99. The van der Waals surface area contributed by atoms with E-state index in [-0.39, 0.29) is 6.04 Å². The van der Waals surface area contributed by atoms with E-state index in [1.807, 2.05) is 25.1 Å². The molecule has 1 aliphatic heterocycles. The number of likely N-dealkylation sites (tertiary alicyclic amines) is 1. The lowest BCUT2D eigenvalue weighted by Gasteiger charge is -2.23. The van der Waals surface area contributed by atoms with E-state index < -0.39 is 0 Å². The van der Waals surface area contributed by atoms with Gasteiger partial charge in [0.1, 0.15) is 6.07 Å². The predicted molar refractivity (Wildman–Crippen MR) is 81.7 cm³/mol. The molecular weight excluding hydrogens is 264 g/mol. The minimum absolute atomic E-state index is 0.117. The first-order chi connectivity index (χ1) is 10.3. The molecule has 1 saturated heterocycles. The third-order valence-corrected chi connectivity index (χ3v) is 4.10. The Hall–Kier alpha value is -1.73. The van der Waals surface area contributed by atoms with Gasteiger partial charge in [-0.05, 0) is 50.8 Å². The highest BCUT2D eigenvalue weighted by atomic mass is 16.5. The van der Waals surface area contributed by atoms with E-state index in [1.165, 1.54) is 30.6 Å². The number of rotatable bonds is 5. The molecule has 0 amide bonds. The topological polar surface area (TPSA) is 46.7 Å². The zero-order valence-corrected chi connectivity index (χ0v) is 13.0. The van der Waals surface area contributed by atoms with Crippen LogP contribution in [0.2, 0.25) is 0 Å². The molecule has 0 aliphatic carbocycles. The Morgan fingerprint density at radius 3 is 2.48 bits per heavy atom. The molecule has 1 aromatic rings. The molecule has 1 atom stereocenters. The Kier molecular flexibility index (Phi) is 5.89. The number of hydrogen-bond acceptors (Lipinski definition) is 3. The number of nitriles is 1. The van der Waals surface area contributed by atoms with Gasteiger partial charge in [0.15, 0.2) is 11.5 Å². The molecule has 1 N–H and O–H groups in total. The van der Waals surface area contributed by atoms with Crippen molar-refractivity contribution in [2.24, 2.45) is 0 Å². The molecule has 1 heterocycles. The Morgan fingerprint density at radius 2 is 1.90 bits per heavy atom. The molecule has 0 bridgehead atoms. The van der Waals surface area contributed by atoms with Crippen LogP contribution in [0.4, 0.5) is 0 Å². The van der Waals surface area contributed by atoms with Gasteiger partial charge in [-0.2, -0.15) is 5.26 Å². The van der Waals surface area contributed by atoms with Crippen molar-refractivity contribution >= 4 is 0 Å². The minimum atomic E-state index is -0.117. The summed E-state index contributed by atoms with van der Waals surface area (Å²) in [5.74, 6) is 1.45. The number of nitrogens with one attached hydrogen (secondary N) is 1. The van der Waals surface area contributed by atoms with Crippen molar-refractivity contribution < 1.29 is 14.4 Å². The first-order valence-electron chi connectivity index (χ1n) is 7.85. The molecule has 1 aliphatic rings. The largest absolute Gasteiger partial charge is 0.493 e. The standard InChI is InChI=1S/C17H24N2O2/c1-3-21-17-12-14(8-9-16(17)20-2)15(13-18)19-10-6-4-5-7-11-19/h8-9,12,15H,3-7,10-11H2,1-2H3/p+1/t15-/m1/s1. The van der Waals surface area contributed by atoms with E-state index in [0.29, 0.717) is 6.61 Å². The van der Waals surface area contributed by atoms with E-state index in [1.54, 1.807) is 7.11 Å². The van der Waals surface area contributed by atoms with Gasteiger partial charge in [0, 0.05) is 5.56 Å². The van der Waals surface area contributed by atoms with E-state index in [2.05, 4.69) is 6.07 Å². The number of hydrogen-bond donors (Lipinski definition) is 1. The van der Waals surface area contributed by atoms with Crippen molar-refractivity contribution in [1.82, 2.24) is 0 Å². The molecule has 0 unspecified atom stereocenters. The van der Waals surface area contributed by atoms with Crippen LogP contribution in [0.25, 0.3) is 0 Å². The number of benzene rings is 1. The molecule has 1 aromatic carbocycles. The van der Waals surface area contributed by atoms with Crippen LogP contribution in [0.1, 0.15) is 44.2 Å². The number of ether oxygens (including phenoxy) is 2. The second kappa shape index (κ2) is 7.90. The van der Waals surface area contributed by atoms with Gasteiger partial charge in [-0.15, -0.1) is 0 Å². The monoisotopic (exact) mass is 289 g/mol. The van der Waals surface area contributed by atoms with Gasteiger partial charge in [0.05, 0.1) is 26.8 Å². The van der Waals surface area contributed by atoms with E-state index in [0.717, 1.165) is 30.2 Å². The molecule has 0 aromatic heterocycles. The van der Waals surface area contributed by atoms with Crippen LogP contribution < -0.4 is 14.4 Å². The van der Waals surface area contributed by atoms with Gasteiger partial charge in [-0.25, -0.2) is 0 Å². The van der Waals surface area contributed by atoms with E-state index >= 15 is 0 Å². The number of methoxy groups -OCH3 is 1. The van der Waals surface area contributed by atoms with Crippen molar-refractivity contribution in [2.45, 2.75) is 38.6 Å². The first-order valence-corrected chi connectivity index (χ1v) is 7.85. The van der Waals surface area contributed by atoms with Crippen molar-refractivity contribution in [3.63, 3.8) is 0 Å². The maximum atomic E-state index is 9.63. The second-order valence-electron chi connectivity index (χ2n) is 5.48. The van der Waals surface area contributed by atoms with Crippen LogP contribution >= 0.6 is 0 Å². The van der Waals surface area contributed by atoms with Crippen LogP contribution in [-0.2, 0) is 0 Å². The second-order valence-corrected chi connectivity index (χ2v) is 5.48. The highest BCUT2D eigenvalue weighted by Gasteiger charge is 2.25. The zero-order chi connectivity index (χ0) is 15.1. The van der Waals surface area contributed by atoms with E-state index in [4.69, 9.17) is 9.47 Å². The van der Waals surface area contributed by atoms with Gasteiger partial charge < -0.3 is 14.4 Å². The third kappa shape index (κ3) is 3.89. The van der Waals surface area contributed by atoms with Crippen molar-refractivity contribution in [1.29, 1.82) is 5.26 Å². The van der Waals surface area contributed by atoms with Gasteiger partial charge in [0.2, 0.25) is 6.04 Å². The van der Waals surface area contributed by atoms with Crippen molar-refractivity contribution in [2.75, 3.05) is 26.8 Å². The maximum absolute atomic E-state index is 9.63. The summed E-state index contributed by atoms with van der Waals surface area (Å²) in [6.45, 7) is 4.70. The lowest BCUT2D eigenvalue weighted by Crippen LogP contribution is -3.12. The molecule has 4 nitrogen and oxygen atoms in total. The molecule has 114 valence electrons. The summed E-state index contributed by atoms with van der Waals surface area (Å²) in [6, 6.07) is 8.24. The Morgan fingerprint density at radius 1 is 1.19 bits per heavy atom. The average molecular weight is 289 g/mol. The summed E-state index contributed by atoms with van der Waals surface area (Å²) >= 11 is 0. The van der Waals surface area contributed by atoms with Gasteiger partial charge in [0.25, 0.3) is 0 Å².